The summed E-state index contributed by atoms with van der Waals surface area (Å²) in [6.07, 6.45) is 2.63. The number of piperazine rings is 1. The number of nitrogens with zero attached hydrogens (tertiary/aromatic N) is 6. The molecule has 1 saturated heterocycles. The Hall–Kier alpha value is -3.94. The van der Waals surface area contributed by atoms with Gasteiger partial charge in [0.15, 0.2) is 5.65 Å². The Labute approximate surface area is 237 Å². The zero-order valence-corrected chi connectivity index (χ0v) is 24.8. The lowest BCUT2D eigenvalue weighted by Gasteiger charge is -2.36. The van der Waals surface area contributed by atoms with Gasteiger partial charge in [0.2, 0.25) is 5.95 Å². The van der Waals surface area contributed by atoms with E-state index in [1.54, 1.807) is 7.05 Å². The van der Waals surface area contributed by atoms with E-state index in [0.717, 1.165) is 61.1 Å². The first kappa shape index (κ1) is 27.6. The molecule has 0 bridgehead atoms. The molecule has 210 valence electrons. The molecular weight excluding hydrogens is 498 g/mol. The maximum atomic E-state index is 11.9. The van der Waals surface area contributed by atoms with Crippen LogP contribution >= 0.6 is 0 Å². The van der Waals surface area contributed by atoms with E-state index in [-0.39, 0.29) is 17.4 Å². The van der Waals surface area contributed by atoms with E-state index >= 15 is 0 Å². The summed E-state index contributed by atoms with van der Waals surface area (Å²) in [5, 5.41) is 2.68. The van der Waals surface area contributed by atoms with E-state index in [1.165, 1.54) is 16.7 Å². The molecule has 0 aliphatic carbocycles. The number of benzene rings is 2. The fraction of sp³-hybridized carbons (Fsp3) is 0.438. The minimum atomic E-state index is -0.0695. The molecule has 1 amide bonds. The molecule has 4 aromatic rings. The van der Waals surface area contributed by atoms with Crippen molar-refractivity contribution in [2.75, 3.05) is 43.0 Å². The predicted octanol–water partition coefficient (Wildman–Crippen LogP) is 5.29. The molecule has 0 saturated carbocycles. The molecule has 2 aromatic carbocycles. The van der Waals surface area contributed by atoms with Gasteiger partial charge in [-0.15, -0.1) is 0 Å². The summed E-state index contributed by atoms with van der Waals surface area (Å²) < 4.78 is 2.19. The van der Waals surface area contributed by atoms with Crippen molar-refractivity contribution in [2.45, 2.75) is 59.4 Å². The highest BCUT2D eigenvalue weighted by atomic mass is 16.1. The van der Waals surface area contributed by atoms with Crippen LogP contribution in [0.1, 0.15) is 73.4 Å². The summed E-state index contributed by atoms with van der Waals surface area (Å²) in [7, 11) is 1.65. The molecule has 40 heavy (non-hydrogen) atoms. The first-order valence-corrected chi connectivity index (χ1v) is 14.2. The Bertz CT molecular complexity index is 1510. The van der Waals surface area contributed by atoms with Crippen LogP contribution in [0.3, 0.4) is 0 Å². The smallest absolute Gasteiger partial charge is 0.251 e. The minimum Gasteiger partial charge on any atom is -0.368 e. The summed E-state index contributed by atoms with van der Waals surface area (Å²) >= 11 is 0. The van der Waals surface area contributed by atoms with Crippen molar-refractivity contribution in [1.29, 1.82) is 0 Å². The van der Waals surface area contributed by atoms with Crippen molar-refractivity contribution in [3.05, 3.63) is 76.7 Å². The SMILES string of the molecule is CNC(=O)c1ccc(N2CCN(c3nc(Cc4cc(C(C)(C)C)ccc4C)c4c(ncn4C(C)C)n3)CC2)cc1. The minimum absolute atomic E-state index is 0.0695. The number of fused-ring (bicyclic) bond motifs is 1. The number of hydrogen-bond acceptors (Lipinski definition) is 6. The lowest BCUT2D eigenvalue weighted by molar-refractivity contribution is 0.0963. The summed E-state index contributed by atoms with van der Waals surface area (Å²) in [4.78, 5) is 31.4. The second-order valence-electron chi connectivity index (χ2n) is 12.1. The Balaban J connectivity index is 1.43. The van der Waals surface area contributed by atoms with Crippen molar-refractivity contribution in [3.63, 3.8) is 0 Å². The highest BCUT2D eigenvalue weighted by Crippen LogP contribution is 2.29. The van der Waals surface area contributed by atoms with Gasteiger partial charge in [0, 0.05) is 56.9 Å². The molecular formula is C32H41N7O. The number of amides is 1. The molecule has 5 rings (SSSR count). The van der Waals surface area contributed by atoms with Crippen LogP contribution in [0.15, 0.2) is 48.8 Å². The standard InChI is InChI=1S/C32H41N7O/c1-21(2)39-20-34-29-28(39)27(19-24-18-25(32(4,5)6)11-8-22(24)3)35-31(36-29)38-16-14-37(15-17-38)26-12-9-23(10-13-26)30(40)33-7/h8-13,18,20-21H,14-17,19H2,1-7H3,(H,33,40). The zero-order chi connectivity index (χ0) is 28.6. The van der Waals surface area contributed by atoms with Crippen molar-refractivity contribution >= 4 is 28.7 Å². The van der Waals surface area contributed by atoms with Crippen molar-refractivity contribution in [1.82, 2.24) is 24.8 Å². The molecule has 8 nitrogen and oxygen atoms in total. The van der Waals surface area contributed by atoms with Crippen molar-refractivity contribution in [2.24, 2.45) is 0 Å². The fourth-order valence-electron chi connectivity index (χ4n) is 5.30. The van der Waals surface area contributed by atoms with Crippen LogP contribution in [0, 0.1) is 6.92 Å². The van der Waals surface area contributed by atoms with Gasteiger partial charge in [-0.05, 0) is 67.1 Å². The summed E-state index contributed by atoms with van der Waals surface area (Å²) in [6.45, 7) is 16.6. The monoisotopic (exact) mass is 539 g/mol. The Morgan fingerprint density at radius 2 is 1.65 bits per heavy atom. The number of rotatable bonds is 6. The maximum Gasteiger partial charge on any atom is 0.251 e. The second-order valence-corrected chi connectivity index (χ2v) is 12.1. The molecule has 1 aliphatic heterocycles. The predicted molar refractivity (Wildman–Crippen MR) is 163 cm³/mol. The first-order chi connectivity index (χ1) is 19.0. The van der Waals surface area contributed by atoms with Gasteiger partial charge in [-0.1, -0.05) is 39.0 Å². The molecule has 2 aromatic heterocycles. The number of hydrogen-bond donors (Lipinski definition) is 1. The lowest BCUT2D eigenvalue weighted by Crippen LogP contribution is -2.47. The van der Waals surface area contributed by atoms with Crippen LogP contribution in [0.4, 0.5) is 11.6 Å². The molecule has 1 N–H and O–H groups in total. The van der Waals surface area contributed by atoms with Gasteiger partial charge in [0.1, 0.15) is 5.52 Å². The third-order valence-corrected chi connectivity index (χ3v) is 7.90. The van der Waals surface area contributed by atoms with Gasteiger partial charge < -0.3 is 19.7 Å². The molecule has 3 heterocycles. The van der Waals surface area contributed by atoms with Crippen molar-refractivity contribution < 1.29 is 4.79 Å². The highest BCUT2D eigenvalue weighted by Gasteiger charge is 2.24. The van der Waals surface area contributed by atoms with Gasteiger partial charge in [0.25, 0.3) is 5.91 Å². The number of aryl methyl sites for hydroxylation is 1. The Morgan fingerprint density at radius 3 is 2.27 bits per heavy atom. The van der Waals surface area contributed by atoms with Gasteiger partial charge in [0.05, 0.1) is 12.0 Å². The first-order valence-electron chi connectivity index (χ1n) is 14.2. The van der Waals surface area contributed by atoms with Gasteiger partial charge in [-0.2, -0.15) is 4.98 Å². The van der Waals surface area contributed by atoms with Crippen LogP contribution in [0.5, 0.6) is 0 Å². The van der Waals surface area contributed by atoms with Gasteiger partial charge in [-0.25, -0.2) is 9.97 Å². The molecule has 8 heteroatoms. The molecule has 1 fully saturated rings. The number of aromatic nitrogens is 4. The fourth-order valence-corrected chi connectivity index (χ4v) is 5.30. The normalized spacial score (nSPS) is 14.3. The molecule has 0 unspecified atom stereocenters. The van der Waals surface area contributed by atoms with E-state index in [9.17, 15) is 4.79 Å². The van der Waals surface area contributed by atoms with Crippen LogP contribution in [-0.4, -0.2) is 58.7 Å². The van der Waals surface area contributed by atoms with E-state index in [1.807, 2.05) is 30.6 Å². The van der Waals surface area contributed by atoms with Crippen LogP contribution in [-0.2, 0) is 11.8 Å². The number of imidazole rings is 1. The second kappa shape index (κ2) is 10.9. The summed E-state index contributed by atoms with van der Waals surface area (Å²) in [5.74, 6) is 0.677. The van der Waals surface area contributed by atoms with E-state index in [2.05, 4.69) is 79.4 Å². The van der Waals surface area contributed by atoms with E-state index < -0.39 is 0 Å². The topological polar surface area (TPSA) is 79.2 Å². The third kappa shape index (κ3) is 5.53. The number of anilines is 2. The van der Waals surface area contributed by atoms with Crippen LogP contribution in [0.25, 0.3) is 11.2 Å². The third-order valence-electron chi connectivity index (χ3n) is 7.90. The number of nitrogens with one attached hydrogen (secondary N) is 1. The van der Waals surface area contributed by atoms with Crippen LogP contribution < -0.4 is 15.1 Å². The number of carbonyl (C=O) groups excluding carboxylic acids is 1. The van der Waals surface area contributed by atoms with Gasteiger partial charge >= 0.3 is 0 Å². The average Bonchev–Trinajstić information content (AvgIpc) is 3.38. The Kier molecular flexibility index (Phi) is 7.53. The van der Waals surface area contributed by atoms with Crippen molar-refractivity contribution in [3.8, 4) is 0 Å². The summed E-state index contributed by atoms with van der Waals surface area (Å²) in [5.41, 5.74) is 8.56. The maximum absolute atomic E-state index is 11.9. The largest absolute Gasteiger partial charge is 0.368 e. The zero-order valence-electron chi connectivity index (χ0n) is 24.8. The quantitative estimate of drug-likeness (QED) is 0.359. The molecule has 1 aliphatic rings. The molecule has 0 radical (unpaired) electrons. The average molecular weight is 540 g/mol. The lowest BCUT2D eigenvalue weighted by atomic mass is 9.84. The number of carbonyl (C=O) groups is 1. The van der Waals surface area contributed by atoms with Crippen LogP contribution in [0.2, 0.25) is 0 Å². The Morgan fingerprint density at radius 1 is 0.975 bits per heavy atom. The molecule has 0 atom stereocenters. The summed E-state index contributed by atoms with van der Waals surface area (Å²) in [6, 6.07) is 14.9. The molecule has 0 spiro atoms. The highest BCUT2D eigenvalue weighted by molar-refractivity contribution is 5.94. The van der Waals surface area contributed by atoms with E-state index in [4.69, 9.17) is 15.0 Å². The van der Waals surface area contributed by atoms with E-state index in [0.29, 0.717) is 5.56 Å². The van der Waals surface area contributed by atoms with Gasteiger partial charge in [-0.3, -0.25) is 4.79 Å².